The minimum absolute atomic E-state index is 0.182. The maximum Gasteiger partial charge on any atom is 0.319 e. The van der Waals surface area contributed by atoms with Gasteiger partial charge in [-0.1, -0.05) is 0 Å². The van der Waals surface area contributed by atoms with E-state index in [0.29, 0.717) is 12.5 Å². The average Bonchev–Trinajstić information content (AvgIpc) is 2.78. The number of nitrogens with zero attached hydrogens (tertiary/aromatic N) is 1. The second-order valence-corrected chi connectivity index (χ2v) is 4.23. The maximum absolute atomic E-state index is 11.5. The van der Waals surface area contributed by atoms with Gasteiger partial charge in [-0.3, -0.25) is 5.10 Å². The van der Waals surface area contributed by atoms with Crippen LogP contribution in [0, 0.1) is 0 Å². The van der Waals surface area contributed by atoms with Crippen molar-refractivity contribution < 1.29 is 4.79 Å². The zero-order valence-corrected chi connectivity index (χ0v) is 10.0. The van der Waals surface area contributed by atoms with Crippen molar-refractivity contribution in [2.45, 2.75) is 25.7 Å². The van der Waals surface area contributed by atoms with Crippen LogP contribution in [0.3, 0.4) is 0 Å². The van der Waals surface area contributed by atoms with Gasteiger partial charge in [0.15, 0.2) is 0 Å². The van der Waals surface area contributed by atoms with Crippen LogP contribution in [0.25, 0.3) is 0 Å². The molecule has 94 valence electrons. The van der Waals surface area contributed by atoms with Crippen LogP contribution in [0.2, 0.25) is 0 Å². The molecule has 0 aliphatic carbocycles. The standard InChI is InChI=1S/C11H19N5O/c1-2-13-11(17)15-9-7-14-16-10(9)8-4-3-5-12-6-8/h7-8,12H,2-6H2,1H3,(H,14,16)(H2,13,15,17). The molecule has 4 N–H and O–H groups in total. The third-order valence-electron chi connectivity index (χ3n) is 2.96. The fourth-order valence-corrected chi connectivity index (χ4v) is 2.13. The summed E-state index contributed by atoms with van der Waals surface area (Å²) >= 11 is 0. The molecule has 1 aliphatic rings. The average molecular weight is 237 g/mol. The maximum atomic E-state index is 11.5. The van der Waals surface area contributed by atoms with E-state index in [-0.39, 0.29) is 6.03 Å². The van der Waals surface area contributed by atoms with E-state index in [1.54, 1.807) is 6.20 Å². The molecule has 0 spiro atoms. The molecule has 1 saturated heterocycles. The van der Waals surface area contributed by atoms with Gasteiger partial charge in [-0.2, -0.15) is 5.10 Å². The van der Waals surface area contributed by atoms with Crippen LogP contribution in [-0.4, -0.2) is 35.9 Å². The molecule has 1 aromatic heterocycles. The number of anilines is 1. The molecular formula is C11H19N5O. The molecule has 0 radical (unpaired) electrons. The lowest BCUT2D eigenvalue weighted by atomic mass is 9.95. The number of carbonyl (C=O) groups is 1. The molecule has 6 nitrogen and oxygen atoms in total. The summed E-state index contributed by atoms with van der Waals surface area (Å²) in [5.41, 5.74) is 1.80. The number of amides is 2. The predicted octanol–water partition coefficient (Wildman–Crippen LogP) is 1.02. The third-order valence-corrected chi connectivity index (χ3v) is 2.96. The molecule has 2 amide bonds. The molecule has 0 aromatic carbocycles. The summed E-state index contributed by atoms with van der Waals surface area (Å²) in [6.07, 6.45) is 3.95. The van der Waals surface area contributed by atoms with E-state index in [9.17, 15) is 4.79 Å². The van der Waals surface area contributed by atoms with E-state index in [0.717, 1.165) is 37.3 Å². The summed E-state index contributed by atoms with van der Waals surface area (Å²) in [6, 6.07) is -0.182. The first kappa shape index (κ1) is 11.9. The van der Waals surface area contributed by atoms with Gasteiger partial charge in [-0.25, -0.2) is 4.79 Å². The lowest BCUT2D eigenvalue weighted by Crippen LogP contribution is -2.31. The Balaban J connectivity index is 2.02. The number of piperidine rings is 1. The highest BCUT2D eigenvalue weighted by molar-refractivity contribution is 5.89. The highest BCUT2D eigenvalue weighted by Gasteiger charge is 2.20. The molecule has 2 rings (SSSR count). The van der Waals surface area contributed by atoms with Gasteiger partial charge in [0, 0.05) is 19.0 Å². The van der Waals surface area contributed by atoms with Crippen molar-refractivity contribution in [1.82, 2.24) is 20.8 Å². The smallest absolute Gasteiger partial charge is 0.319 e. The zero-order chi connectivity index (χ0) is 12.1. The largest absolute Gasteiger partial charge is 0.338 e. The van der Waals surface area contributed by atoms with E-state index in [1.165, 1.54) is 0 Å². The number of nitrogens with one attached hydrogen (secondary N) is 4. The van der Waals surface area contributed by atoms with Gasteiger partial charge in [0.2, 0.25) is 0 Å². The first-order valence-corrected chi connectivity index (χ1v) is 6.10. The van der Waals surface area contributed by atoms with E-state index in [4.69, 9.17) is 0 Å². The topological polar surface area (TPSA) is 81.8 Å². The quantitative estimate of drug-likeness (QED) is 0.633. The van der Waals surface area contributed by atoms with Crippen LogP contribution in [-0.2, 0) is 0 Å². The van der Waals surface area contributed by atoms with Crippen LogP contribution >= 0.6 is 0 Å². The lowest BCUT2D eigenvalue weighted by Gasteiger charge is -2.22. The first-order valence-electron chi connectivity index (χ1n) is 6.10. The first-order chi connectivity index (χ1) is 8.31. The number of hydrogen-bond acceptors (Lipinski definition) is 3. The minimum Gasteiger partial charge on any atom is -0.338 e. The predicted molar refractivity (Wildman–Crippen MR) is 66.1 cm³/mol. The van der Waals surface area contributed by atoms with Gasteiger partial charge in [0.25, 0.3) is 0 Å². The summed E-state index contributed by atoms with van der Waals surface area (Å²) in [4.78, 5) is 11.5. The summed E-state index contributed by atoms with van der Waals surface area (Å²) in [5, 5.41) is 15.9. The van der Waals surface area contributed by atoms with Crippen molar-refractivity contribution in [3.05, 3.63) is 11.9 Å². The SMILES string of the molecule is CCNC(=O)Nc1cn[nH]c1C1CCCNC1. The van der Waals surface area contributed by atoms with Crippen molar-refractivity contribution >= 4 is 11.7 Å². The van der Waals surface area contributed by atoms with E-state index >= 15 is 0 Å². The molecule has 1 aliphatic heterocycles. The molecular weight excluding hydrogens is 218 g/mol. The second-order valence-electron chi connectivity index (χ2n) is 4.23. The molecule has 0 saturated carbocycles. The normalized spacial score (nSPS) is 19.9. The van der Waals surface area contributed by atoms with Gasteiger partial charge in [-0.15, -0.1) is 0 Å². The van der Waals surface area contributed by atoms with Crippen molar-refractivity contribution in [3.8, 4) is 0 Å². The molecule has 1 fully saturated rings. The van der Waals surface area contributed by atoms with Crippen LogP contribution in [0.15, 0.2) is 6.20 Å². The van der Waals surface area contributed by atoms with Gasteiger partial charge in [0.1, 0.15) is 0 Å². The van der Waals surface area contributed by atoms with E-state index < -0.39 is 0 Å². The van der Waals surface area contributed by atoms with Crippen LogP contribution < -0.4 is 16.0 Å². The molecule has 1 atom stereocenters. The fraction of sp³-hybridized carbons (Fsp3) is 0.636. The zero-order valence-electron chi connectivity index (χ0n) is 10.0. The monoisotopic (exact) mass is 237 g/mol. The number of aromatic amines is 1. The highest BCUT2D eigenvalue weighted by Crippen LogP contribution is 2.27. The van der Waals surface area contributed by atoms with Gasteiger partial charge < -0.3 is 16.0 Å². The minimum atomic E-state index is -0.182. The number of urea groups is 1. The second kappa shape index (κ2) is 5.67. The Bertz CT molecular complexity index is 370. The van der Waals surface area contributed by atoms with Crippen molar-refractivity contribution in [2.75, 3.05) is 25.0 Å². The number of carbonyl (C=O) groups excluding carboxylic acids is 1. The Morgan fingerprint density at radius 3 is 3.24 bits per heavy atom. The number of aromatic nitrogens is 2. The molecule has 6 heteroatoms. The molecule has 0 bridgehead atoms. The van der Waals surface area contributed by atoms with E-state index in [1.807, 2.05) is 6.92 Å². The van der Waals surface area contributed by atoms with Gasteiger partial charge >= 0.3 is 6.03 Å². The number of rotatable bonds is 3. The van der Waals surface area contributed by atoms with Crippen LogP contribution in [0.4, 0.5) is 10.5 Å². The van der Waals surface area contributed by atoms with Crippen molar-refractivity contribution in [3.63, 3.8) is 0 Å². The molecule has 1 unspecified atom stereocenters. The highest BCUT2D eigenvalue weighted by atomic mass is 16.2. The van der Waals surface area contributed by atoms with Gasteiger partial charge in [0.05, 0.1) is 17.6 Å². The molecule has 1 aromatic rings. The fourth-order valence-electron chi connectivity index (χ4n) is 2.13. The van der Waals surface area contributed by atoms with Gasteiger partial charge in [-0.05, 0) is 26.3 Å². The summed E-state index contributed by atoms with van der Waals surface area (Å²) in [7, 11) is 0. The molecule has 17 heavy (non-hydrogen) atoms. The number of hydrogen-bond donors (Lipinski definition) is 4. The van der Waals surface area contributed by atoms with Crippen molar-refractivity contribution in [1.29, 1.82) is 0 Å². The van der Waals surface area contributed by atoms with E-state index in [2.05, 4.69) is 26.1 Å². The Labute approximate surface area is 101 Å². The lowest BCUT2D eigenvalue weighted by molar-refractivity contribution is 0.252. The van der Waals surface area contributed by atoms with Crippen LogP contribution in [0.5, 0.6) is 0 Å². The Morgan fingerprint density at radius 1 is 1.65 bits per heavy atom. The van der Waals surface area contributed by atoms with Crippen molar-refractivity contribution in [2.24, 2.45) is 0 Å². The number of H-pyrrole nitrogens is 1. The Kier molecular flexibility index (Phi) is 3.98. The summed E-state index contributed by atoms with van der Waals surface area (Å²) < 4.78 is 0. The van der Waals surface area contributed by atoms with Crippen LogP contribution in [0.1, 0.15) is 31.4 Å². The molecule has 2 heterocycles. The summed E-state index contributed by atoms with van der Waals surface area (Å²) in [5.74, 6) is 0.406. The Morgan fingerprint density at radius 2 is 2.53 bits per heavy atom. The summed E-state index contributed by atoms with van der Waals surface area (Å²) in [6.45, 7) is 4.51. The third kappa shape index (κ3) is 2.97. The Hall–Kier alpha value is -1.56.